The van der Waals surface area contributed by atoms with E-state index in [-0.39, 0.29) is 12.6 Å². The zero-order valence-corrected chi connectivity index (χ0v) is 9.60. The molecule has 1 aliphatic heterocycles. The Hall–Kier alpha value is -1.06. The van der Waals surface area contributed by atoms with E-state index in [0.717, 1.165) is 18.7 Å². The highest BCUT2D eigenvalue weighted by atomic mass is 16.3. The van der Waals surface area contributed by atoms with Gasteiger partial charge >= 0.3 is 0 Å². The van der Waals surface area contributed by atoms with Gasteiger partial charge in [0.1, 0.15) is 0 Å². The van der Waals surface area contributed by atoms with Gasteiger partial charge in [0.15, 0.2) is 0 Å². The van der Waals surface area contributed by atoms with E-state index < -0.39 is 0 Å². The molecular weight excluding hydrogens is 200 g/mol. The van der Waals surface area contributed by atoms with E-state index in [0.29, 0.717) is 0 Å². The van der Waals surface area contributed by atoms with E-state index in [2.05, 4.69) is 17.0 Å². The fourth-order valence-corrected chi connectivity index (χ4v) is 2.19. The lowest BCUT2D eigenvalue weighted by molar-refractivity contribution is 0.268. The van der Waals surface area contributed by atoms with Gasteiger partial charge in [0.2, 0.25) is 0 Å². The molecule has 1 atom stereocenters. The molecule has 2 rings (SSSR count). The zero-order valence-electron chi connectivity index (χ0n) is 9.60. The molecule has 0 aromatic heterocycles. The second-order valence-corrected chi connectivity index (χ2v) is 4.43. The van der Waals surface area contributed by atoms with Crippen LogP contribution in [-0.4, -0.2) is 24.8 Å². The summed E-state index contributed by atoms with van der Waals surface area (Å²) in [7, 11) is 0. The van der Waals surface area contributed by atoms with Gasteiger partial charge in [-0.15, -0.1) is 0 Å². The quantitative estimate of drug-likeness (QED) is 0.814. The molecule has 3 N–H and O–H groups in total. The number of rotatable bonds is 3. The number of hydrogen-bond acceptors (Lipinski definition) is 3. The number of aliphatic hydroxyl groups is 1. The highest BCUT2D eigenvalue weighted by molar-refractivity contribution is 5.48. The smallest absolute Gasteiger partial charge is 0.0624 e. The van der Waals surface area contributed by atoms with Crippen LogP contribution in [0.15, 0.2) is 24.3 Å². The summed E-state index contributed by atoms with van der Waals surface area (Å²) in [6.07, 6.45) is 3.93. The van der Waals surface area contributed by atoms with Crippen LogP contribution in [0.1, 0.15) is 30.9 Å². The second-order valence-electron chi connectivity index (χ2n) is 4.43. The molecule has 0 spiro atoms. The summed E-state index contributed by atoms with van der Waals surface area (Å²) >= 11 is 0. The minimum Gasteiger partial charge on any atom is -0.394 e. The first-order chi connectivity index (χ1) is 7.81. The van der Waals surface area contributed by atoms with Crippen molar-refractivity contribution in [1.29, 1.82) is 0 Å². The number of aliphatic hydroxyl groups excluding tert-OH is 1. The highest BCUT2D eigenvalue weighted by Crippen LogP contribution is 2.21. The van der Waals surface area contributed by atoms with Crippen molar-refractivity contribution in [2.75, 3.05) is 24.6 Å². The van der Waals surface area contributed by atoms with Crippen LogP contribution < -0.4 is 10.6 Å². The van der Waals surface area contributed by atoms with E-state index in [1.165, 1.54) is 24.9 Å². The Morgan fingerprint density at radius 1 is 1.12 bits per heavy atom. The van der Waals surface area contributed by atoms with E-state index in [4.69, 9.17) is 10.8 Å². The third-order valence-electron chi connectivity index (χ3n) is 3.24. The standard InChI is InChI=1S/C13H20N2O/c14-13(10-16)11-4-6-12(7-5-11)15-8-2-1-3-9-15/h4-7,13,16H,1-3,8-10,14H2. The van der Waals surface area contributed by atoms with E-state index in [9.17, 15) is 0 Å². The fraction of sp³-hybridized carbons (Fsp3) is 0.538. The van der Waals surface area contributed by atoms with Crippen LogP contribution in [0.25, 0.3) is 0 Å². The van der Waals surface area contributed by atoms with E-state index in [1.54, 1.807) is 0 Å². The Morgan fingerprint density at radius 3 is 2.31 bits per heavy atom. The molecule has 1 heterocycles. The molecule has 1 aromatic carbocycles. The minimum absolute atomic E-state index is 0.00304. The summed E-state index contributed by atoms with van der Waals surface area (Å²) in [5.41, 5.74) is 8.03. The molecule has 0 amide bonds. The summed E-state index contributed by atoms with van der Waals surface area (Å²) in [5.74, 6) is 0. The van der Waals surface area contributed by atoms with Crippen LogP contribution in [-0.2, 0) is 0 Å². The highest BCUT2D eigenvalue weighted by Gasteiger charge is 2.11. The van der Waals surface area contributed by atoms with Gasteiger partial charge < -0.3 is 15.7 Å². The average Bonchev–Trinajstić information content (AvgIpc) is 2.39. The van der Waals surface area contributed by atoms with Crippen molar-refractivity contribution in [1.82, 2.24) is 0 Å². The molecule has 1 aromatic rings. The largest absolute Gasteiger partial charge is 0.394 e. The SMILES string of the molecule is NC(CO)c1ccc(N2CCCCC2)cc1. The molecule has 0 bridgehead atoms. The molecule has 0 saturated carbocycles. The first kappa shape index (κ1) is 11.4. The normalized spacial score (nSPS) is 18.5. The van der Waals surface area contributed by atoms with Gasteiger partial charge in [-0.25, -0.2) is 0 Å². The zero-order chi connectivity index (χ0) is 11.4. The summed E-state index contributed by atoms with van der Waals surface area (Å²) in [5, 5.41) is 8.97. The molecule has 0 radical (unpaired) electrons. The van der Waals surface area contributed by atoms with E-state index in [1.807, 2.05) is 12.1 Å². The van der Waals surface area contributed by atoms with Gasteiger partial charge in [0.05, 0.1) is 12.6 Å². The molecule has 3 heteroatoms. The number of nitrogens with zero attached hydrogens (tertiary/aromatic N) is 1. The number of piperidine rings is 1. The maximum Gasteiger partial charge on any atom is 0.0624 e. The Balaban J connectivity index is 2.06. The van der Waals surface area contributed by atoms with Gasteiger partial charge in [-0.3, -0.25) is 0 Å². The molecule has 1 saturated heterocycles. The predicted octanol–water partition coefficient (Wildman–Crippen LogP) is 1.67. The van der Waals surface area contributed by atoms with Crippen molar-refractivity contribution < 1.29 is 5.11 Å². The third kappa shape index (κ3) is 2.54. The summed E-state index contributed by atoms with van der Waals surface area (Å²) < 4.78 is 0. The first-order valence-corrected chi connectivity index (χ1v) is 6.02. The molecule has 1 unspecified atom stereocenters. The molecule has 0 aliphatic carbocycles. The Labute approximate surface area is 96.9 Å². The van der Waals surface area contributed by atoms with Crippen molar-refractivity contribution in [3.05, 3.63) is 29.8 Å². The fourth-order valence-electron chi connectivity index (χ4n) is 2.19. The molecular formula is C13H20N2O. The molecule has 88 valence electrons. The van der Waals surface area contributed by atoms with Crippen LogP contribution in [0, 0.1) is 0 Å². The van der Waals surface area contributed by atoms with Crippen LogP contribution >= 0.6 is 0 Å². The summed E-state index contributed by atoms with van der Waals surface area (Å²) in [6.45, 7) is 2.32. The van der Waals surface area contributed by atoms with Crippen molar-refractivity contribution >= 4 is 5.69 Å². The average molecular weight is 220 g/mol. The van der Waals surface area contributed by atoms with Crippen LogP contribution in [0.5, 0.6) is 0 Å². The minimum atomic E-state index is -0.254. The van der Waals surface area contributed by atoms with Crippen LogP contribution in [0.4, 0.5) is 5.69 Å². The lowest BCUT2D eigenvalue weighted by atomic mass is 10.1. The lowest BCUT2D eigenvalue weighted by Crippen LogP contribution is -2.29. The Kier molecular flexibility index (Phi) is 3.80. The third-order valence-corrected chi connectivity index (χ3v) is 3.24. The second kappa shape index (κ2) is 5.32. The predicted molar refractivity (Wildman–Crippen MR) is 66.5 cm³/mol. The maximum atomic E-state index is 8.97. The topological polar surface area (TPSA) is 49.5 Å². The maximum absolute atomic E-state index is 8.97. The number of benzene rings is 1. The monoisotopic (exact) mass is 220 g/mol. The Morgan fingerprint density at radius 2 is 1.75 bits per heavy atom. The van der Waals surface area contributed by atoms with E-state index >= 15 is 0 Å². The van der Waals surface area contributed by atoms with Gasteiger partial charge in [0.25, 0.3) is 0 Å². The molecule has 3 nitrogen and oxygen atoms in total. The van der Waals surface area contributed by atoms with Crippen molar-refractivity contribution in [3.63, 3.8) is 0 Å². The van der Waals surface area contributed by atoms with Gasteiger partial charge in [-0.2, -0.15) is 0 Å². The number of hydrogen-bond donors (Lipinski definition) is 2. The number of anilines is 1. The van der Waals surface area contributed by atoms with Crippen LogP contribution in [0.3, 0.4) is 0 Å². The first-order valence-electron chi connectivity index (χ1n) is 6.02. The van der Waals surface area contributed by atoms with Gasteiger partial charge in [-0.1, -0.05) is 12.1 Å². The van der Waals surface area contributed by atoms with Crippen LogP contribution in [0.2, 0.25) is 0 Å². The number of nitrogens with two attached hydrogens (primary N) is 1. The molecule has 1 fully saturated rings. The van der Waals surface area contributed by atoms with Crippen molar-refractivity contribution in [2.45, 2.75) is 25.3 Å². The molecule has 16 heavy (non-hydrogen) atoms. The Bertz CT molecular complexity index is 317. The lowest BCUT2D eigenvalue weighted by Gasteiger charge is -2.29. The van der Waals surface area contributed by atoms with Crippen molar-refractivity contribution in [2.24, 2.45) is 5.73 Å². The summed E-state index contributed by atoms with van der Waals surface area (Å²) in [6, 6.07) is 8.00. The van der Waals surface area contributed by atoms with Crippen molar-refractivity contribution in [3.8, 4) is 0 Å². The summed E-state index contributed by atoms with van der Waals surface area (Å²) in [4.78, 5) is 2.41. The molecule has 1 aliphatic rings. The van der Waals surface area contributed by atoms with Gasteiger partial charge in [0, 0.05) is 18.8 Å². The van der Waals surface area contributed by atoms with Gasteiger partial charge in [-0.05, 0) is 37.0 Å².